The van der Waals surface area contributed by atoms with E-state index >= 15 is 4.39 Å². The maximum atomic E-state index is 15.7. The molecule has 1 fully saturated rings. The van der Waals surface area contributed by atoms with Crippen LogP contribution in [-0.4, -0.2) is 32.1 Å². The number of hydrogen-bond donors (Lipinski definition) is 2. The number of amides is 2. The van der Waals surface area contributed by atoms with Gasteiger partial charge in [0.25, 0.3) is 5.91 Å². The second kappa shape index (κ2) is 9.36. The lowest BCUT2D eigenvalue weighted by Gasteiger charge is -2.21. The highest BCUT2D eigenvalue weighted by Crippen LogP contribution is 2.40. The van der Waals surface area contributed by atoms with Crippen molar-refractivity contribution in [3.05, 3.63) is 66.0 Å². The van der Waals surface area contributed by atoms with Crippen molar-refractivity contribution < 1.29 is 27.1 Å². The second-order valence-electron chi connectivity index (χ2n) is 7.27. The van der Waals surface area contributed by atoms with Gasteiger partial charge in [0.05, 0.1) is 0 Å². The zero-order valence-corrected chi connectivity index (χ0v) is 19.6. The highest BCUT2D eigenvalue weighted by molar-refractivity contribution is 9.09. The molecule has 4 rings (SSSR count). The molecular formula is C22H19BrFN3O5S. The minimum absolute atomic E-state index is 0.0483. The summed E-state index contributed by atoms with van der Waals surface area (Å²) in [5.41, 5.74) is 0.895. The number of alkyl halides is 1. The second-order valence-corrected chi connectivity index (χ2v) is 9.66. The molecule has 0 atom stereocenters. The van der Waals surface area contributed by atoms with Crippen molar-refractivity contribution in [2.24, 2.45) is 0 Å². The van der Waals surface area contributed by atoms with Gasteiger partial charge in [0.15, 0.2) is 5.82 Å². The van der Waals surface area contributed by atoms with Gasteiger partial charge in [0, 0.05) is 22.8 Å². The largest absolute Gasteiger partial charge is 0.487 e. The normalized spacial score (nSPS) is 14.8. The molecule has 0 aromatic heterocycles. The van der Waals surface area contributed by atoms with E-state index < -0.39 is 28.5 Å². The third-order valence-electron chi connectivity index (χ3n) is 4.93. The van der Waals surface area contributed by atoms with Gasteiger partial charge in [0.2, 0.25) is 5.91 Å². The lowest BCUT2D eigenvalue weighted by molar-refractivity contribution is -0.117. The minimum atomic E-state index is -4.26. The lowest BCUT2D eigenvalue weighted by Crippen LogP contribution is -2.30. The van der Waals surface area contributed by atoms with Gasteiger partial charge in [-0.05, 0) is 35.2 Å². The van der Waals surface area contributed by atoms with E-state index in [2.05, 4.69) is 21.2 Å². The van der Waals surface area contributed by atoms with Gasteiger partial charge in [-0.15, -0.1) is 0 Å². The van der Waals surface area contributed by atoms with E-state index in [1.807, 2.05) is 35.1 Å². The molecule has 3 aromatic carbocycles. The highest BCUT2D eigenvalue weighted by atomic mass is 79.9. The van der Waals surface area contributed by atoms with Crippen LogP contribution in [0.5, 0.6) is 5.75 Å². The molecule has 3 aromatic rings. The topological polar surface area (TPSA) is 105 Å². The first-order valence-electron chi connectivity index (χ1n) is 9.90. The molecule has 1 heterocycles. The summed E-state index contributed by atoms with van der Waals surface area (Å²) in [6, 6.07) is 15.1. The first-order valence-corrected chi connectivity index (χ1v) is 12.5. The van der Waals surface area contributed by atoms with Crippen LogP contribution in [0.3, 0.4) is 0 Å². The van der Waals surface area contributed by atoms with Gasteiger partial charge < -0.3 is 10.1 Å². The summed E-state index contributed by atoms with van der Waals surface area (Å²) >= 11 is 3.20. The van der Waals surface area contributed by atoms with Crippen molar-refractivity contribution in [1.82, 2.24) is 4.72 Å². The van der Waals surface area contributed by atoms with Crippen molar-refractivity contribution in [1.29, 1.82) is 0 Å². The van der Waals surface area contributed by atoms with Crippen LogP contribution in [0.4, 0.5) is 15.8 Å². The summed E-state index contributed by atoms with van der Waals surface area (Å²) in [4.78, 5) is 23.7. The Morgan fingerprint density at radius 1 is 1.18 bits per heavy atom. The fourth-order valence-electron chi connectivity index (χ4n) is 3.44. The number of nitrogens with one attached hydrogen (secondary N) is 2. The maximum Gasteiger partial charge on any atom is 0.326 e. The molecule has 0 saturated carbocycles. The molecule has 2 N–H and O–H groups in total. The molecule has 172 valence electrons. The number of rotatable bonds is 7. The van der Waals surface area contributed by atoms with Gasteiger partial charge in [-0.3, -0.25) is 9.59 Å². The summed E-state index contributed by atoms with van der Waals surface area (Å²) in [6.45, 7) is -0.511. The molecule has 8 nitrogen and oxygen atoms in total. The standard InChI is InChI=1S/C22H19BrFN3O5S/c23-9-8-19(28)25-16-6-7-17-15(10-16)11-18(32-13-14-4-2-1-3-5-14)22(21(17)24)27-12-20(29)26-33(27,30)31/h1-7,10-11H,8-9,12-13H2,(H,25,28)(H,26,29). The Balaban J connectivity index is 1.80. The van der Waals surface area contributed by atoms with Gasteiger partial charge in [-0.2, -0.15) is 8.42 Å². The Kier molecular flexibility index (Phi) is 6.52. The van der Waals surface area contributed by atoms with E-state index in [-0.39, 0.29) is 35.8 Å². The molecule has 1 aliphatic rings. The summed E-state index contributed by atoms with van der Waals surface area (Å²) in [6.07, 6.45) is 0.268. The van der Waals surface area contributed by atoms with Crippen molar-refractivity contribution in [3.63, 3.8) is 0 Å². The third-order valence-corrected chi connectivity index (χ3v) is 6.70. The fraction of sp³-hybridized carbons (Fsp3) is 0.182. The average molecular weight is 536 g/mol. The molecule has 0 unspecified atom stereocenters. The summed E-state index contributed by atoms with van der Waals surface area (Å²) in [5.74, 6) is -1.88. The van der Waals surface area contributed by atoms with Crippen LogP contribution in [0.25, 0.3) is 10.8 Å². The quantitative estimate of drug-likeness (QED) is 0.451. The average Bonchev–Trinajstić information content (AvgIpc) is 3.04. The predicted octanol–water partition coefficient (Wildman–Crippen LogP) is 3.46. The Morgan fingerprint density at radius 3 is 2.61 bits per heavy atom. The number of hydrogen-bond acceptors (Lipinski definition) is 5. The molecule has 0 aliphatic carbocycles. The molecule has 0 bridgehead atoms. The van der Waals surface area contributed by atoms with Gasteiger partial charge >= 0.3 is 10.2 Å². The maximum absolute atomic E-state index is 15.7. The summed E-state index contributed by atoms with van der Waals surface area (Å²) in [5, 5.41) is 3.74. The van der Waals surface area contributed by atoms with Crippen molar-refractivity contribution in [2.75, 3.05) is 21.5 Å². The number of nitrogens with zero attached hydrogens (tertiary/aromatic N) is 1. The van der Waals surface area contributed by atoms with Gasteiger partial charge in [-0.25, -0.2) is 13.4 Å². The monoisotopic (exact) mass is 535 g/mol. The van der Waals surface area contributed by atoms with Gasteiger partial charge in [-0.1, -0.05) is 46.3 Å². The summed E-state index contributed by atoms with van der Waals surface area (Å²) in [7, 11) is -4.26. The number of carbonyl (C=O) groups is 2. The number of anilines is 2. The van der Waals surface area contributed by atoms with Crippen LogP contribution >= 0.6 is 15.9 Å². The molecule has 2 amide bonds. The summed E-state index contributed by atoms with van der Waals surface area (Å²) < 4.78 is 48.9. The Bertz CT molecular complexity index is 1330. The zero-order valence-electron chi connectivity index (χ0n) is 17.2. The van der Waals surface area contributed by atoms with Crippen LogP contribution < -0.4 is 19.1 Å². The molecule has 33 heavy (non-hydrogen) atoms. The van der Waals surface area contributed by atoms with Crippen molar-refractivity contribution in [3.8, 4) is 5.75 Å². The Hall–Kier alpha value is -3.18. The highest BCUT2D eigenvalue weighted by Gasteiger charge is 2.38. The van der Waals surface area contributed by atoms with Gasteiger partial charge in [0.1, 0.15) is 24.6 Å². The molecule has 11 heteroatoms. The molecular weight excluding hydrogens is 517 g/mol. The fourth-order valence-corrected chi connectivity index (χ4v) is 4.96. The van der Waals surface area contributed by atoms with Crippen molar-refractivity contribution >= 4 is 60.1 Å². The smallest absolute Gasteiger partial charge is 0.326 e. The predicted molar refractivity (Wildman–Crippen MR) is 126 cm³/mol. The number of ether oxygens (including phenoxy) is 1. The van der Waals surface area contributed by atoms with Crippen molar-refractivity contribution in [2.45, 2.75) is 13.0 Å². The van der Waals surface area contributed by atoms with E-state index in [0.29, 0.717) is 20.7 Å². The molecule has 1 aliphatic heterocycles. The van der Waals surface area contributed by atoms with Crippen LogP contribution in [0.1, 0.15) is 12.0 Å². The number of halogens is 2. The molecule has 0 radical (unpaired) electrons. The number of benzene rings is 3. The first kappa shape index (κ1) is 23.0. The minimum Gasteiger partial charge on any atom is -0.487 e. The van der Waals surface area contributed by atoms with E-state index in [1.165, 1.54) is 18.2 Å². The SMILES string of the molecule is O=C(CCBr)Nc1ccc2c(F)c(N3CC(=O)NS3(=O)=O)c(OCc3ccccc3)cc2c1. The van der Waals surface area contributed by atoms with E-state index in [1.54, 1.807) is 6.07 Å². The first-order chi connectivity index (χ1) is 15.8. The molecule has 0 spiro atoms. The lowest BCUT2D eigenvalue weighted by atomic mass is 10.1. The third kappa shape index (κ3) is 4.93. The zero-order chi connectivity index (χ0) is 23.6. The van der Waals surface area contributed by atoms with Crippen LogP contribution in [0, 0.1) is 5.82 Å². The van der Waals surface area contributed by atoms with Crippen LogP contribution in [0.2, 0.25) is 0 Å². The van der Waals surface area contributed by atoms with Crippen LogP contribution in [-0.2, 0) is 26.4 Å². The van der Waals surface area contributed by atoms with Crippen LogP contribution in [0.15, 0.2) is 54.6 Å². The van der Waals surface area contributed by atoms with E-state index in [4.69, 9.17) is 4.74 Å². The number of carbonyl (C=O) groups excluding carboxylic acids is 2. The van der Waals surface area contributed by atoms with E-state index in [9.17, 15) is 18.0 Å². The number of fused-ring (bicyclic) bond motifs is 1. The molecule has 1 saturated heterocycles. The van der Waals surface area contributed by atoms with E-state index in [0.717, 1.165) is 5.56 Å². The Labute approximate surface area is 198 Å². The Morgan fingerprint density at radius 2 is 1.94 bits per heavy atom.